The molecular weight excluding hydrogens is 1640 g/mol. The maximum Gasteiger partial charge on any atom is 0.339 e. The van der Waals surface area contributed by atoms with Crippen molar-refractivity contribution in [3.8, 4) is 11.5 Å². The number of rotatable bonds is 37. The number of piperazine rings is 2. The Morgan fingerprint density at radius 3 is 1.72 bits per heavy atom. The van der Waals surface area contributed by atoms with Crippen molar-refractivity contribution in [3.63, 3.8) is 0 Å². The van der Waals surface area contributed by atoms with Crippen LogP contribution in [-0.4, -0.2) is 222 Å². The SMILES string of the molecule is CC1(C/C=C\CCCCCCCCOC(=O)CCCCC2SCC3NC(=O)NC32)C=Cc2c(ccc3c2[N+]([O-])=C2C3=C[C@@]34NC(=O)[C@]5(CCCN5C3=O)CC4C2(C)C)O1.CN(C)c1ccc2cc(CC(=O)NCCOCCOCCOCCOCCC/C=C\CC3(C)C=Cc4c(ccc5c4[N+]([O-])=C4C5=C[C@@]56NC(=O)[C@]7(CCCN7C5=O)CC6C4(C)C)O3)c(=O)oc2c1. The van der Waals surface area contributed by atoms with E-state index in [0.717, 1.165) is 143 Å². The van der Waals surface area contributed by atoms with Crippen molar-refractivity contribution in [2.45, 2.75) is 233 Å². The number of nitrogens with zero attached hydrogens (tertiary/aromatic N) is 5. The molecule has 7 unspecified atom stereocenters. The van der Waals surface area contributed by atoms with Gasteiger partial charge in [-0.15, -0.1) is 0 Å². The number of anilines is 1. The third-order valence-corrected chi connectivity index (χ3v) is 30.7. The molecular formula is C98H122N10O18S. The summed E-state index contributed by atoms with van der Waals surface area (Å²) in [5.41, 5.74) is 1.58. The molecule has 10 fully saturated rings. The van der Waals surface area contributed by atoms with Gasteiger partial charge < -0.3 is 89.3 Å². The Morgan fingerprint density at radius 2 is 1.15 bits per heavy atom. The molecule has 14 aliphatic heterocycles. The third-order valence-electron chi connectivity index (χ3n) is 29.2. The molecule has 678 valence electrons. The molecule has 20 rings (SSSR count). The van der Waals surface area contributed by atoms with Gasteiger partial charge in [0.1, 0.15) is 50.4 Å². The second kappa shape index (κ2) is 35.8. The highest BCUT2D eigenvalue weighted by atomic mass is 32.2. The summed E-state index contributed by atoms with van der Waals surface area (Å²) in [6.45, 7) is 17.9. The number of nitrogens with one attached hydrogen (secondary N) is 5. The van der Waals surface area contributed by atoms with Crippen LogP contribution in [0.25, 0.3) is 34.3 Å². The Hall–Kier alpha value is -10.1. The average molecular weight is 1760 g/mol. The van der Waals surface area contributed by atoms with Gasteiger partial charge in [-0.25, -0.2) is 9.59 Å². The summed E-state index contributed by atoms with van der Waals surface area (Å²) in [6.07, 6.45) is 38.4. The first-order valence-corrected chi connectivity index (χ1v) is 47.1. The summed E-state index contributed by atoms with van der Waals surface area (Å²) in [5, 5.41) is 45.1. The van der Waals surface area contributed by atoms with E-state index in [4.69, 9.17) is 37.6 Å². The number of urea groups is 1. The standard InChI is InChI=1S/C52H63N5O11.C46H59N5O7S/c1-49(2)42-33-51-17-10-20-56(51)48(61)52(42,54-47(51)60)32-39-37-13-14-40-38(44(37)57(62)45(39)49)15-18-50(3,68-40)16-8-6-7-9-21-63-23-25-65-27-28-66-26-24-64-22-19-53-43(58)30-35-29-34-11-12-36(55(4)5)31-41(34)67-46(35)59;1-43(2)35-27-45-22-15-24-50(45)41(54)46(35,49-40(45)53)26-31-29-18-19-33-30(38(29)51(56)39(31)43)20-23-44(3,58-33)21-13-9-7-5-4-6-8-10-14-25-57-36(52)17-12-11-16-34-37-32(28-59-34)47-42(55)48-37/h6,8,11-15,18,29,31-32,42H,7,9-10,16-17,19-28,30,33H2,1-5H3,(H,53,58)(H,54,60);9,13,18-20,23,26,32,34-35,37H,4-8,10-12,14-17,21-22,24-25,27-28H2,1-3H3,(H,49,53)(H2,47,48,55)/b8-6-;13-9-/t42?,50?,51-,52-;32?,34?,35?,37?,44?,45-,46-/m00/s1. The van der Waals surface area contributed by atoms with Gasteiger partial charge in [0.05, 0.1) is 116 Å². The zero-order valence-electron chi connectivity index (χ0n) is 74.5. The first kappa shape index (κ1) is 88.9. The number of carbonyl (C=O) groups is 7. The highest BCUT2D eigenvalue weighted by Gasteiger charge is 2.76. The Bertz CT molecular complexity index is 5370. The number of piperidine rings is 4. The number of thioether (sulfide) groups is 1. The maximum atomic E-state index is 14.4. The van der Waals surface area contributed by atoms with Gasteiger partial charge in [-0.05, 0) is 204 Å². The predicted molar refractivity (Wildman–Crippen MR) is 485 cm³/mol. The molecule has 5 N–H and O–H groups in total. The van der Waals surface area contributed by atoms with E-state index < -0.39 is 49.8 Å². The smallest absolute Gasteiger partial charge is 0.339 e. The van der Waals surface area contributed by atoms with Crippen molar-refractivity contribution in [1.82, 2.24) is 36.4 Å². The van der Waals surface area contributed by atoms with E-state index >= 15 is 0 Å². The zero-order valence-corrected chi connectivity index (χ0v) is 75.3. The highest BCUT2D eigenvalue weighted by Crippen LogP contribution is 2.64. The molecule has 7 amide bonds. The summed E-state index contributed by atoms with van der Waals surface area (Å²) < 4.78 is 48.6. The molecule has 16 aliphatic rings. The average Bonchev–Trinajstić information content (AvgIpc) is 1.53. The lowest BCUT2D eigenvalue weighted by molar-refractivity contribution is -0.363. The first-order valence-electron chi connectivity index (χ1n) is 46.1. The number of esters is 1. The zero-order chi connectivity index (χ0) is 89.0. The van der Waals surface area contributed by atoms with Gasteiger partial charge in [-0.1, -0.05) is 56.4 Å². The number of fused-ring (bicyclic) bond motifs is 14. The number of unbranched alkanes of at least 4 members (excludes halogenated alkanes) is 8. The number of hydrogen-bond donors (Lipinski definition) is 5. The van der Waals surface area contributed by atoms with E-state index in [2.05, 4.69) is 77.7 Å². The number of benzene rings is 3. The van der Waals surface area contributed by atoms with E-state index in [-0.39, 0.29) is 71.9 Å². The fourth-order valence-corrected chi connectivity index (χ4v) is 24.1. The minimum Gasteiger partial charge on any atom is -0.618 e. The molecule has 127 heavy (non-hydrogen) atoms. The third kappa shape index (κ3) is 16.5. The van der Waals surface area contributed by atoms with Crippen LogP contribution in [-0.2, 0) is 58.9 Å². The Kier molecular flexibility index (Phi) is 25.0. The van der Waals surface area contributed by atoms with Crippen LogP contribution in [0.2, 0.25) is 0 Å². The molecule has 4 bridgehead atoms. The van der Waals surface area contributed by atoms with Crippen LogP contribution in [0, 0.1) is 33.1 Å². The summed E-state index contributed by atoms with van der Waals surface area (Å²) in [7, 11) is 3.82. The molecule has 15 heterocycles. The van der Waals surface area contributed by atoms with Gasteiger partial charge in [-0.3, -0.25) is 28.8 Å². The number of allylic oxidation sites excluding steroid dienone is 4. The van der Waals surface area contributed by atoms with E-state index in [0.29, 0.717) is 175 Å². The molecule has 29 heteroatoms. The fourth-order valence-electron chi connectivity index (χ4n) is 22.5. The molecule has 0 radical (unpaired) electrons. The van der Waals surface area contributed by atoms with Crippen molar-refractivity contribution in [2.75, 3.05) is 104 Å². The van der Waals surface area contributed by atoms with E-state index in [1.54, 1.807) is 12.1 Å². The van der Waals surface area contributed by atoms with Crippen LogP contribution >= 0.6 is 11.8 Å². The van der Waals surface area contributed by atoms with Crippen molar-refractivity contribution in [1.29, 1.82) is 0 Å². The van der Waals surface area contributed by atoms with Gasteiger partial charge in [0.2, 0.25) is 40.5 Å². The van der Waals surface area contributed by atoms with Crippen LogP contribution < -0.4 is 46.6 Å². The molecule has 10 saturated heterocycles. The minimum absolute atomic E-state index is 0.0372. The lowest BCUT2D eigenvalue weighted by atomic mass is 9.51. The molecule has 3 aromatic carbocycles. The van der Waals surface area contributed by atoms with Crippen molar-refractivity contribution < 1.29 is 80.6 Å². The summed E-state index contributed by atoms with van der Waals surface area (Å²) in [4.78, 5) is 110. The largest absolute Gasteiger partial charge is 0.618 e. The minimum atomic E-state index is -1.17. The summed E-state index contributed by atoms with van der Waals surface area (Å²) in [6, 6.07) is 15.4. The van der Waals surface area contributed by atoms with E-state index in [9.17, 15) is 48.8 Å². The van der Waals surface area contributed by atoms with E-state index in [1.807, 2.05) is 128 Å². The number of hydrogen-bond acceptors (Lipinski definition) is 20. The van der Waals surface area contributed by atoms with Crippen molar-refractivity contribution >= 4 is 116 Å². The van der Waals surface area contributed by atoms with Crippen LogP contribution in [0.4, 0.5) is 21.9 Å². The highest BCUT2D eigenvalue weighted by molar-refractivity contribution is 8.00. The lowest BCUT2D eigenvalue weighted by Gasteiger charge is -2.62. The van der Waals surface area contributed by atoms with Crippen molar-refractivity contribution in [2.24, 2.45) is 22.7 Å². The number of ether oxygens (including phenoxy) is 7. The van der Waals surface area contributed by atoms with Gasteiger partial charge in [-0.2, -0.15) is 21.2 Å². The lowest BCUT2D eigenvalue weighted by Crippen LogP contribution is -2.83. The monoisotopic (exact) mass is 1760 g/mol. The molecule has 4 aromatic rings. The molecule has 4 spiro atoms. The van der Waals surface area contributed by atoms with Crippen LogP contribution in [0.3, 0.4) is 0 Å². The Labute approximate surface area is 746 Å². The van der Waals surface area contributed by atoms with Gasteiger partial charge in [0, 0.05) is 105 Å². The molecule has 0 saturated carbocycles. The normalized spacial score (nSPS) is 28.6. The predicted octanol–water partition coefficient (Wildman–Crippen LogP) is 12.5. The summed E-state index contributed by atoms with van der Waals surface area (Å²) in [5.74, 6) is 1.20. The number of carbonyl (C=O) groups excluding carboxylic acids is 7. The topological polar surface area (TPSA) is 336 Å². The van der Waals surface area contributed by atoms with Gasteiger partial charge in [0.25, 0.3) is 11.8 Å². The summed E-state index contributed by atoms with van der Waals surface area (Å²) >= 11 is 1.91. The molecule has 11 atom stereocenters. The molecule has 1 aromatic heterocycles. The fraction of sp³-hybridized carbons (Fsp3) is 0.571. The Balaban J connectivity index is 0.000000181. The van der Waals surface area contributed by atoms with Gasteiger partial charge >= 0.3 is 17.6 Å². The van der Waals surface area contributed by atoms with Crippen molar-refractivity contribution in [3.05, 3.63) is 146 Å². The second-order valence-electron chi connectivity index (χ2n) is 38.6. The van der Waals surface area contributed by atoms with Crippen LogP contribution in [0.5, 0.6) is 11.5 Å². The van der Waals surface area contributed by atoms with Crippen LogP contribution in [0.15, 0.2) is 106 Å². The molecule has 2 aliphatic carbocycles. The first-order chi connectivity index (χ1) is 61.0. The Morgan fingerprint density at radius 1 is 0.614 bits per heavy atom. The van der Waals surface area contributed by atoms with E-state index in [1.165, 1.54) is 6.42 Å². The quantitative estimate of drug-likeness (QED) is 0.00532. The van der Waals surface area contributed by atoms with Crippen LogP contribution in [0.1, 0.15) is 204 Å². The maximum absolute atomic E-state index is 14.4. The van der Waals surface area contributed by atoms with Gasteiger partial charge in [0.15, 0.2) is 0 Å². The second-order valence-corrected chi connectivity index (χ2v) is 39.8. The number of amides is 7. The molecule has 28 nitrogen and oxygen atoms in total.